The highest BCUT2D eigenvalue weighted by Crippen LogP contribution is 2.18. The van der Waals surface area contributed by atoms with Crippen molar-refractivity contribution < 1.29 is 27.5 Å². The van der Waals surface area contributed by atoms with E-state index in [4.69, 9.17) is 9.47 Å². The highest BCUT2D eigenvalue weighted by molar-refractivity contribution is 7.89. The summed E-state index contributed by atoms with van der Waals surface area (Å²) in [7, 11) is -3.97. The number of rotatable bonds is 17. The maximum atomic E-state index is 13.1. The molecule has 43 heavy (non-hydrogen) atoms. The van der Waals surface area contributed by atoms with E-state index in [0.29, 0.717) is 46.7 Å². The average Bonchev–Trinajstić information content (AvgIpc) is 3.01. The van der Waals surface area contributed by atoms with Gasteiger partial charge in [0.15, 0.2) is 0 Å². The van der Waals surface area contributed by atoms with E-state index in [0.717, 1.165) is 51.4 Å². The minimum absolute atomic E-state index is 0.118. The van der Waals surface area contributed by atoms with E-state index in [2.05, 4.69) is 23.8 Å². The van der Waals surface area contributed by atoms with Crippen molar-refractivity contribution >= 4 is 27.7 Å². The van der Waals surface area contributed by atoms with Crippen LogP contribution in [-0.4, -0.2) is 39.3 Å². The van der Waals surface area contributed by atoms with Gasteiger partial charge in [-0.2, -0.15) is 18.4 Å². The van der Waals surface area contributed by atoms with Gasteiger partial charge in [-0.1, -0.05) is 94.8 Å². The minimum atomic E-state index is -3.97. The molecule has 0 aliphatic rings. The Hall–Kier alpha value is -3.98. The van der Waals surface area contributed by atoms with Crippen LogP contribution in [0.1, 0.15) is 103 Å². The van der Waals surface area contributed by atoms with Gasteiger partial charge in [-0.15, -0.1) is 0 Å². The van der Waals surface area contributed by atoms with Crippen LogP contribution in [0.3, 0.4) is 0 Å². The zero-order chi connectivity index (χ0) is 31.1. The summed E-state index contributed by atoms with van der Waals surface area (Å²) >= 11 is 0. The van der Waals surface area contributed by atoms with Crippen molar-refractivity contribution in [1.82, 2.24) is 4.83 Å². The lowest BCUT2D eigenvalue weighted by Gasteiger charge is -2.12. The summed E-state index contributed by atoms with van der Waals surface area (Å²) < 4.78 is 37.0. The van der Waals surface area contributed by atoms with Crippen LogP contribution < -0.4 is 4.83 Å². The van der Waals surface area contributed by atoms with E-state index in [1.165, 1.54) is 6.07 Å². The fourth-order valence-electron chi connectivity index (χ4n) is 4.39. The van der Waals surface area contributed by atoms with Gasteiger partial charge in [0.2, 0.25) is 0 Å². The first kappa shape index (κ1) is 33.5. The number of carbonyl (C=O) groups excluding carboxylic acids is 2. The van der Waals surface area contributed by atoms with Crippen molar-refractivity contribution in [2.24, 2.45) is 5.10 Å². The predicted molar refractivity (Wildman–Crippen MR) is 169 cm³/mol. The Balaban J connectivity index is 1.83. The van der Waals surface area contributed by atoms with Gasteiger partial charge in [-0.25, -0.2) is 9.59 Å². The van der Waals surface area contributed by atoms with Gasteiger partial charge in [0.25, 0.3) is 10.0 Å². The summed E-state index contributed by atoms with van der Waals surface area (Å²) in [6.45, 7) is 6.68. The zero-order valence-electron chi connectivity index (χ0n) is 25.3. The molecule has 0 radical (unpaired) electrons. The van der Waals surface area contributed by atoms with Gasteiger partial charge >= 0.3 is 11.9 Å². The van der Waals surface area contributed by atoms with Crippen molar-refractivity contribution in [2.45, 2.75) is 77.0 Å². The lowest BCUT2D eigenvalue weighted by atomic mass is 10.00. The first-order chi connectivity index (χ1) is 20.8. The molecule has 0 bridgehead atoms. The van der Waals surface area contributed by atoms with Gasteiger partial charge in [-0.3, -0.25) is 0 Å². The number of hydrogen-bond acceptors (Lipinski definition) is 7. The number of nitrogens with one attached hydrogen (secondary N) is 1. The number of esters is 2. The first-order valence-corrected chi connectivity index (χ1v) is 16.5. The largest absolute Gasteiger partial charge is 0.462 e. The Kier molecular flexibility index (Phi) is 13.4. The maximum Gasteiger partial charge on any atom is 0.338 e. The van der Waals surface area contributed by atoms with Crippen LogP contribution in [0.4, 0.5) is 0 Å². The summed E-state index contributed by atoms with van der Waals surface area (Å²) in [6, 6.07) is 19.9. The maximum absolute atomic E-state index is 13.1. The molecule has 3 aromatic rings. The topological polar surface area (TPSA) is 111 Å². The third-order valence-electron chi connectivity index (χ3n) is 6.91. The molecule has 0 aliphatic carbocycles. The van der Waals surface area contributed by atoms with Crippen LogP contribution in [0.15, 0.2) is 82.8 Å². The molecular formula is C34H42N2O6S. The number of benzene rings is 3. The quantitative estimate of drug-likeness (QED) is 0.0753. The Morgan fingerprint density at radius 1 is 0.651 bits per heavy atom. The summed E-state index contributed by atoms with van der Waals surface area (Å²) in [4.78, 5) is 27.5. The van der Waals surface area contributed by atoms with Crippen LogP contribution in [0.2, 0.25) is 0 Å². The molecule has 0 heterocycles. The number of hydrogen-bond donors (Lipinski definition) is 1. The second-order valence-corrected chi connectivity index (χ2v) is 12.0. The van der Waals surface area contributed by atoms with E-state index in [9.17, 15) is 18.0 Å². The second-order valence-electron chi connectivity index (χ2n) is 10.4. The van der Waals surface area contributed by atoms with Crippen molar-refractivity contribution in [3.8, 4) is 0 Å². The SMILES string of the molecule is CCCCCCOC(=O)c1ccc(C(=NNS(=O)(=O)c2ccccc2C)c2ccc(C(=O)OCCCCCC)cc2)cc1. The Morgan fingerprint density at radius 3 is 1.53 bits per heavy atom. The lowest BCUT2D eigenvalue weighted by molar-refractivity contribution is 0.0488. The van der Waals surface area contributed by atoms with Gasteiger partial charge in [-0.05, 0) is 55.7 Å². The van der Waals surface area contributed by atoms with Crippen molar-refractivity contribution in [1.29, 1.82) is 0 Å². The molecular weight excluding hydrogens is 564 g/mol. The van der Waals surface area contributed by atoms with Crippen molar-refractivity contribution in [3.05, 3.63) is 101 Å². The van der Waals surface area contributed by atoms with E-state index < -0.39 is 22.0 Å². The lowest BCUT2D eigenvalue weighted by Crippen LogP contribution is -2.22. The number of unbranched alkanes of at least 4 members (excludes halogenated alkanes) is 6. The molecule has 0 atom stereocenters. The molecule has 0 amide bonds. The minimum Gasteiger partial charge on any atom is -0.462 e. The molecule has 0 aliphatic heterocycles. The zero-order valence-corrected chi connectivity index (χ0v) is 26.1. The fourth-order valence-corrected chi connectivity index (χ4v) is 5.45. The summed E-state index contributed by atoms with van der Waals surface area (Å²) in [5, 5.41) is 4.31. The summed E-state index contributed by atoms with van der Waals surface area (Å²) in [5.41, 5.74) is 2.81. The average molecular weight is 607 g/mol. The summed E-state index contributed by atoms with van der Waals surface area (Å²) in [6.07, 6.45) is 8.06. The van der Waals surface area contributed by atoms with Crippen molar-refractivity contribution in [3.63, 3.8) is 0 Å². The Morgan fingerprint density at radius 2 is 1.09 bits per heavy atom. The number of aryl methyl sites for hydroxylation is 1. The highest BCUT2D eigenvalue weighted by atomic mass is 32.2. The fraction of sp³-hybridized carbons (Fsp3) is 0.382. The molecule has 0 saturated heterocycles. The first-order valence-electron chi connectivity index (χ1n) is 15.0. The normalized spacial score (nSPS) is 11.0. The molecule has 0 aromatic heterocycles. The number of hydrazone groups is 1. The van der Waals surface area contributed by atoms with Gasteiger partial charge in [0.1, 0.15) is 0 Å². The molecule has 3 aromatic carbocycles. The number of sulfonamides is 1. The molecule has 0 unspecified atom stereocenters. The van der Waals surface area contributed by atoms with Crippen LogP contribution in [0, 0.1) is 6.92 Å². The third-order valence-corrected chi connectivity index (χ3v) is 8.28. The number of ether oxygens (including phenoxy) is 2. The van der Waals surface area contributed by atoms with Crippen LogP contribution in [-0.2, 0) is 19.5 Å². The molecule has 9 heteroatoms. The van der Waals surface area contributed by atoms with E-state index in [1.807, 2.05) is 0 Å². The predicted octanol–water partition coefficient (Wildman–Crippen LogP) is 7.20. The number of carbonyl (C=O) groups is 2. The van der Waals surface area contributed by atoms with Gasteiger partial charge in [0, 0.05) is 11.1 Å². The Labute approximate surface area is 255 Å². The van der Waals surface area contributed by atoms with Crippen molar-refractivity contribution in [2.75, 3.05) is 13.2 Å². The molecule has 0 fully saturated rings. The van der Waals surface area contributed by atoms with Gasteiger partial charge < -0.3 is 9.47 Å². The molecule has 0 saturated carbocycles. The molecule has 1 N–H and O–H groups in total. The third kappa shape index (κ3) is 10.4. The van der Waals surface area contributed by atoms with E-state index in [-0.39, 0.29) is 4.90 Å². The van der Waals surface area contributed by atoms with E-state index in [1.54, 1.807) is 73.7 Å². The summed E-state index contributed by atoms with van der Waals surface area (Å²) in [5.74, 6) is -0.835. The molecule has 230 valence electrons. The standard InChI is InChI=1S/C34H42N2O6S/c1-4-6-8-12-24-41-33(37)29-20-16-27(17-21-29)32(35-36-43(39,40)31-15-11-10-14-26(31)3)28-18-22-30(23-19-28)34(38)42-25-13-9-7-5-2/h10-11,14-23,36H,4-9,12-13,24-25H2,1-3H3. The van der Waals surface area contributed by atoms with Crippen LogP contribution in [0.25, 0.3) is 0 Å². The molecule has 0 spiro atoms. The highest BCUT2D eigenvalue weighted by Gasteiger charge is 2.18. The van der Waals surface area contributed by atoms with E-state index >= 15 is 0 Å². The second kappa shape index (κ2) is 17.2. The monoisotopic (exact) mass is 606 g/mol. The van der Waals surface area contributed by atoms with Crippen LogP contribution in [0.5, 0.6) is 0 Å². The van der Waals surface area contributed by atoms with Gasteiger partial charge in [0.05, 0.1) is 34.9 Å². The smallest absolute Gasteiger partial charge is 0.338 e. The number of nitrogens with zero attached hydrogens (tertiary/aromatic N) is 1. The van der Waals surface area contributed by atoms with Crippen LogP contribution >= 0.6 is 0 Å². The molecule has 3 rings (SSSR count). The Bertz CT molecular complexity index is 1390. The molecule has 8 nitrogen and oxygen atoms in total.